The van der Waals surface area contributed by atoms with Crippen molar-refractivity contribution in [3.63, 3.8) is 0 Å². The third-order valence-electron chi connectivity index (χ3n) is 5.63. The largest absolute Gasteiger partial charge is 0.793 e. The maximum absolute atomic E-state index is 12.1. The van der Waals surface area contributed by atoms with E-state index < -0.39 is 14.7 Å². The Hall–Kier alpha value is -2.82. The molecule has 0 heterocycles. The smallest absolute Gasteiger partial charge is 0.0739 e. The minimum absolute atomic E-state index is 0.358. The molecular formula is C30H38N2O4P2. The summed E-state index contributed by atoms with van der Waals surface area (Å²) in [7, 11) is -7.29. The Bertz CT molecular complexity index is 1070. The Labute approximate surface area is 226 Å². The molecule has 8 heteroatoms. The highest BCUT2D eigenvalue weighted by Gasteiger charge is 2.13. The summed E-state index contributed by atoms with van der Waals surface area (Å²) >= 11 is 0. The van der Waals surface area contributed by atoms with Crippen molar-refractivity contribution in [3.05, 3.63) is 121 Å². The lowest BCUT2D eigenvalue weighted by molar-refractivity contribution is -0.371. The first-order valence-corrected chi connectivity index (χ1v) is 16.0. The maximum Gasteiger partial charge on any atom is 0.0739 e. The molecule has 0 aliphatic rings. The van der Waals surface area contributed by atoms with Gasteiger partial charge in [-0.05, 0) is 25.7 Å². The standard InChI is InChI=1S/2C12H11O2P.C6H16N2/c2*13-15(14,11-7-3-1-4-8-11)12-9-5-2-6-10-12;7-5-3-1-2-4-6-8/h2*1-10H,(H,13,14);1-8H2. The molecule has 4 rings (SSSR count). The van der Waals surface area contributed by atoms with Gasteiger partial charge in [0.15, 0.2) is 0 Å². The van der Waals surface area contributed by atoms with Gasteiger partial charge in [-0.2, -0.15) is 0 Å². The molecule has 0 aliphatic heterocycles. The Balaban J connectivity index is 0.000000211. The van der Waals surface area contributed by atoms with E-state index in [2.05, 4.69) is 11.5 Å². The molecule has 0 bridgehead atoms. The van der Waals surface area contributed by atoms with Crippen LogP contribution in [-0.4, -0.2) is 13.1 Å². The molecule has 0 radical (unpaired) electrons. The van der Waals surface area contributed by atoms with Crippen LogP contribution in [0.5, 0.6) is 0 Å². The molecule has 38 heavy (non-hydrogen) atoms. The van der Waals surface area contributed by atoms with Crippen LogP contribution in [0.2, 0.25) is 0 Å². The van der Waals surface area contributed by atoms with Gasteiger partial charge in [-0.3, -0.25) is 0 Å². The molecular weight excluding hydrogens is 514 g/mol. The van der Waals surface area contributed by atoms with Gasteiger partial charge in [-0.25, -0.2) is 0 Å². The summed E-state index contributed by atoms with van der Waals surface area (Å²) < 4.78 is 24.1. The van der Waals surface area contributed by atoms with Gasteiger partial charge in [0.05, 0.1) is 27.8 Å². The molecule has 0 atom stereocenters. The lowest BCUT2D eigenvalue weighted by atomic mass is 10.2. The van der Waals surface area contributed by atoms with Gasteiger partial charge in [0.25, 0.3) is 0 Å². The molecule has 0 saturated carbocycles. The van der Waals surface area contributed by atoms with E-state index in [0.29, 0.717) is 21.2 Å². The minimum atomic E-state index is -3.65. The highest BCUT2D eigenvalue weighted by molar-refractivity contribution is 7.72. The van der Waals surface area contributed by atoms with E-state index in [1.807, 2.05) is 0 Å². The monoisotopic (exact) mass is 552 g/mol. The number of quaternary nitrogens is 2. The molecule has 4 aromatic carbocycles. The van der Waals surface area contributed by atoms with Gasteiger partial charge >= 0.3 is 0 Å². The average molecular weight is 553 g/mol. The second kappa shape index (κ2) is 16.9. The van der Waals surface area contributed by atoms with Crippen molar-refractivity contribution in [1.29, 1.82) is 0 Å². The Morgan fingerprint density at radius 1 is 0.421 bits per heavy atom. The second-order valence-corrected chi connectivity index (χ2v) is 12.8. The van der Waals surface area contributed by atoms with Crippen LogP contribution in [-0.2, 0) is 9.13 Å². The number of hydrogen-bond donors (Lipinski definition) is 2. The van der Waals surface area contributed by atoms with Crippen molar-refractivity contribution in [2.45, 2.75) is 25.7 Å². The summed E-state index contributed by atoms with van der Waals surface area (Å²) in [6, 6.07) is 33.9. The molecule has 0 saturated heterocycles. The molecule has 202 valence electrons. The highest BCUT2D eigenvalue weighted by atomic mass is 31.2. The molecule has 6 nitrogen and oxygen atoms in total. The third-order valence-corrected chi connectivity index (χ3v) is 9.55. The fourth-order valence-corrected chi connectivity index (χ4v) is 6.36. The molecule has 4 aromatic rings. The lowest BCUT2D eigenvalue weighted by Crippen LogP contribution is -2.50. The quantitative estimate of drug-likeness (QED) is 0.241. The van der Waals surface area contributed by atoms with Crippen LogP contribution in [0.4, 0.5) is 0 Å². The Kier molecular flexibility index (Phi) is 14.0. The Morgan fingerprint density at radius 3 is 0.816 bits per heavy atom. The van der Waals surface area contributed by atoms with Crippen molar-refractivity contribution in [1.82, 2.24) is 0 Å². The SMILES string of the molecule is O=P([O-])(c1ccccc1)c1ccccc1.O=P([O-])(c1ccccc1)c1ccccc1.[NH3+]CCCCCC[NH3+]. The van der Waals surface area contributed by atoms with Crippen molar-refractivity contribution in [3.8, 4) is 0 Å². The van der Waals surface area contributed by atoms with Crippen LogP contribution in [0.1, 0.15) is 25.7 Å². The zero-order chi connectivity index (χ0) is 27.7. The van der Waals surface area contributed by atoms with Crippen LogP contribution in [0.15, 0.2) is 121 Å². The van der Waals surface area contributed by atoms with Gasteiger partial charge in [-0.15, -0.1) is 0 Å². The summed E-state index contributed by atoms with van der Waals surface area (Å²) in [4.78, 5) is 24.1. The number of benzene rings is 4. The number of hydrogen-bond acceptors (Lipinski definition) is 4. The van der Waals surface area contributed by atoms with Crippen LogP contribution in [0.3, 0.4) is 0 Å². The summed E-state index contributed by atoms with van der Waals surface area (Å²) in [5.41, 5.74) is 7.54. The average Bonchev–Trinajstić information content (AvgIpc) is 2.98. The van der Waals surface area contributed by atoms with E-state index in [0.717, 1.165) is 13.1 Å². The first-order chi connectivity index (χ1) is 18.3. The first kappa shape index (κ1) is 31.4. The molecule has 0 spiro atoms. The van der Waals surface area contributed by atoms with E-state index in [9.17, 15) is 18.9 Å². The van der Waals surface area contributed by atoms with Gasteiger partial charge in [0, 0.05) is 21.2 Å². The van der Waals surface area contributed by atoms with Gasteiger partial charge in [0.1, 0.15) is 0 Å². The van der Waals surface area contributed by atoms with E-state index in [1.165, 1.54) is 25.7 Å². The van der Waals surface area contributed by atoms with Gasteiger partial charge < -0.3 is 30.4 Å². The number of rotatable bonds is 9. The van der Waals surface area contributed by atoms with Crippen molar-refractivity contribution in [2.75, 3.05) is 13.1 Å². The van der Waals surface area contributed by atoms with Crippen LogP contribution in [0, 0.1) is 0 Å². The van der Waals surface area contributed by atoms with E-state index in [4.69, 9.17) is 0 Å². The van der Waals surface area contributed by atoms with E-state index >= 15 is 0 Å². The van der Waals surface area contributed by atoms with E-state index in [1.54, 1.807) is 121 Å². The van der Waals surface area contributed by atoms with Crippen molar-refractivity contribution >= 4 is 36.0 Å². The zero-order valence-corrected chi connectivity index (χ0v) is 23.5. The summed E-state index contributed by atoms with van der Waals surface area (Å²) in [6.45, 7) is 2.19. The van der Waals surface area contributed by atoms with Crippen molar-refractivity contribution in [2.24, 2.45) is 0 Å². The van der Waals surface area contributed by atoms with Gasteiger partial charge in [0.2, 0.25) is 0 Å². The summed E-state index contributed by atoms with van der Waals surface area (Å²) in [5, 5.41) is 1.43. The normalized spacial score (nSPS) is 10.9. The molecule has 6 N–H and O–H groups in total. The second-order valence-electron chi connectivity index (χ2n) is 8.57. The summed E-state index contributed by atoms with van der Waals surface area (Å²) in [5.74, 6) is 0. The van der Waals surface area contributed by atoms with Gasteiger partial charge in [-0.1, -0.05) is 121 Å². The maximum atomic E-state index is 12.1. The predicted octanol–water partition coefficient (Wildman–Crippen LogP) is 1.58. The molecule has 0 amide bonds. The lowest BCUT2D eigenvalue weighted by Gasteiger charge is -2.23. The van der Waals surface area contributed by atoms with Crippen molar-refractivity contribution < 1.29 is 30.4 Å². The number of unbranched alkanes of at least 4 members (excludes halogenated alkanes) is 3. The third kappa shape index (κ3) is 10.2. The van der Waals surface area contributed by atoms with Crippen LogP contribution >= 0.6 is 14.7 Å². The van der Waals surface area contributed by atoms with E-state index in [-0.39, 0.29) is 0 Å². The topological polar surface area (TPSA) is 136 Å². The van der Waals surface area contributed by atoms with Crippen LogP contribution < -0.4 is 42.5 Å². The molecule has 0 aromatic heterocycles. The molecule has 0 fully saturated rings. The minimum Gasteiger partial charge on any atom is -0.793 e. The van der Waals surface area contributed by atoms with Crippen LogP contribution in [0.25, 0.3) is 0 Å². The predicted molar refractivity (Wildman–Crippen MR) is 153 cm³/mol. The zero-order valence-electron chi connectivity index (χ0n) is 21.7. The molecule has 0 aliphatic carbocycles. The summed E-state index contributed by atoms with van der Waals surface area (Å²) in [6.07, 6.45) is 5.28. The Morgan fingerprint density at radius 2 is 0.632 bits per heavy atom. The first-order valence-electron chi connectivity index (χ1n) is 12.8. The molecule has 0 unspecified atom stereocenters. The fourth-order valence-electron chi connectivity index (χ4n) is 3.50. The fraction of sp³-hybridized carbons (Fsp3) is 0.200. The highest BCUT2D eigenvalue weighted by Crippen LogP contribution is 2.33.